The Hall–Kier alpha value is -4.33. The smallest absolute Gasteiger partial charge is 0.228 e. The molecule has 0 aliphatic carbocycles. The molecule has 8 nitrogen and oxygen atoms in total. The van der Waals surface area contributed by atoms with E-state index in [1.807, 2.05) is 18.2 Å². The Balaban J connectivity index is 1.63. The predicted molar refractivity (Wildman–Crippen MR) is 106 cm³/mol. The molecular formula is C22H14N4O4. The summed E-state index contributed by atoms with van der Waals surface area (Å²) >= 11 is 0. The molecule has 2 N–H and O–H groups in total. The van der Waals surface area contributed by atoms with Crippen molar-refractivity contribution in [2.24, 2.45) is 0 Å². The van der Waals surface area contributed by atoms with Gasteiger partial charge in [0.15, 0.2) is 11.5 Å². The molecule has 0 saturated carbocycles. The van der Waals surface area contributed by atoms with E-state index in [1.165, 1.54) is 6.33 Å². The van der Waals surface area contributed by atoms with Gasteiger partial charge in [0.25, 0.3) is 0 Å². The van der Waals surface area contributed by atoms with Crippen molar-refractivity contribution in [3.05, 3.63) is 84.1 Å². The van der Waals surface area contributed by atoms with Crippen LogP contribution >= 0.6 is 0 Å². The van der Waals surface area contributed by atoms with Gasteiger partial charge in [0.1, 0.15) is 29.3 Å². The lowest BCUT2D eigenvalue weighted by Crippen LogP contribution is -2.14. The van der Waals surface area contributed by atoms with Crippen LogP contribution in [0.3, 0.4) is 0 Å². The fourth-order valence-electron chi connectivity index (χ4n) is 3.83. The van der Waals surface area contributed by atoms with Gasteiger partial charge in [-0.3, -0.25) is 0 Å². The predicted octanol–water partition coefficient (Wildman–Crippen LogP) is 4.08. The number of aromatic nitrogens is 4. The van der Waals surface area contributed by atoms with E-state index >= 15 is 0 Å². The normalized spacial score (nSPS) is 14.9. The highest BCUT2D eigenvalue weighted by atomic mass is 16.5. The first-order valence-corrected chi connectivity index (χ1v) is 9.27. The summed E-state index contributed by atoms with van der Waals surface area (Å²) in [4.78, 5) is 9.11. The Kier molecular flexibility index (Phi) is 3.37. The molecule has 3 aromatic heterocycles. The molecule has 4 heterocycles. The number of furan rings is 1. The first kappa shape index (κ1) is 16.6. The Labute approximate surface area is 169 Å². The number of nitrogens with zero attached hydrogens (tertiary/aromatic N) is 4. The highest BCUT2D eigenvalue weighted by Gasteiger charge is 2.35. The van der Waals surface area contributed by atoms with Gasteiger partial charge in [-0.05, 0) is 30.3 Å². The SMILES string of the molecule is Oc1ccc2c(c1)Oc1ncn3nc(-c4ccccc4O)nc3c1C2c1ccco1. The summed E-state index contributed by atoms with van der Waals surface area (Å²) in [5.41, 5.74) is 2.57. The monoisotopic (exact) mass is 398 g/mol. The summed E-state index contributed by atoms with van der Waals surface area (Å²) in [5.74, 6) is 1.76. The summed E-state index contributed by atoms with van der Waals surface area (Å²) in [6.07, 6.45) is 3.12. The minimum atomic E-state index is -0.350. The van der Waals surface area contributed by atoms with E-state index in [0.29, 0.717) is 40.0 Å². The molecule has 6 rings (SSSR count). The Morgan fingerprint density at radius 2 is 1.90 bits per heavy atom. The van der Waals surface area contributed by atoms with E-state index in [1.54, 1.807) is 47.2 Å². The van der Waals surface area contributed by atoms with Gasteiger partial charge in [0, 0.05) is 11.6 Å². The molecule has 30 heavy (non-hydrogen) atoms. The number of benzene rings is 2. The number of phenolic OH excluding ortho intramolecular Hbond substituents is 2. The maximum absolute atomic E-state index is 10.2. The molecule has 1 aliphatic heterocycles. The fraction of sp³-hybridized carbons (Fsp3) is 0.0455. The van der Waals surface area contributed by atoms with Crippen LogP contribution in [0.1, 0.15) is 22.8 Å². The Morgan fingerprint density at radius 1 is 1.00 bits per heavy atom. The number of para-hydroxylation sites is 1. The van der Waals surface area contributed by atoms with Gasteiger partial charge in [-0.15, -0.1) is 5.10 Å². The van der Waals surface area contributed by atoms with Crippen molar-refractivity contribution in [1.29, 1.82) is 0 Å². The van der Waals surface area contributed by atoms with Crippen LogP contribution in [0.25, 0.3) is 17.0 Å². The van der Waals surface area contributed by atoms with E-state index in [4.69, 9.17) is 9.15 Å². The Morgan fingerprint density at radius 3 is 2.73 bits per heavy atom. The van der Waals surface area contributed by atoms with Crippen molar-refractivity contribution < 1.29 is 19.4 Å². The number of phenols is 2. The van der Waals surface area contributed by atoms with Crippen LogP contribution in [0.4, 0.5) is 0 Å². The molecule has 0 saturated heterocycles. The van der Waals surface area contributed by atoms with Crippen molar-refractivity contribution in [3.8, 4) is 34.5 Å². The summed E-state index contributed by atoms with van der Waals surface area (Å²) < 4.78 is 13.3. The van der Waals surface area contributed by atoms with Gasteiger partial charge in [-0.2, -0.15) is 0 Å². The first-order chi connectivity index (χ1) is 14.7. The van der Waals surface area contributed by atoms with Crippen LogP contribution in [0, 0.1) is 0 Å². The average Bonchev–Trinajstić information content (AvgIpc) is 3.42. The second kappa shape index (κ2) is 6.08. The van der Waals surface area contributed by atoms with Crippen LogP contribution in [0.15, 0.2) is 71.6 Å². The quantitative estimate of drug-likeness (QED) is 0.453. The number of fused-ring (bicyclic) bond motifs is 4. The fourth-order valence-corrected chi connectivity index (χ4v) is 3.83. The zero-order chi connectivity index (χ0) is 20.2. The van der Waals surface area contributed by atoms with Crippen molar-refractivity contribution in [3.63, 3.8) is 0 Å². The molecule has 1 atom stereocenters. The number of hydrogen-bond donors (Lipinski definition) is 2. The van der Waals surface area contributed by atoms with E-state index in [2.05, 4.69) is 15.1 Å². The van der Waals surface area contributed by atoms with Gasteiger partial charge in [0.05, 0.1) is 23.3 Å². The minimum absolute atomic E-state index is 0.0925. The topological polar surface area (TPSA) is 106 Å². The van der Waals surface area contributed by atoms with Crippen LogP contribution in [-0.2, 0) is 0 Å². The van der Waals surface area contributed by atoms with E-state index in [0.717, 1.165) is 5.56 Å². The molecule has 0 fully saturated rings. The zero-order valence-corrected chi connectivity index (χ0v) is 15.4. The number of aromatic hydroxyl groups is 2. The van der Waals surface area contributed by atoms with Gasteiger partial charge in [-0.25, -0.2) is 14.5 Å². The third kappa shape index (κ3) is 2.37. The highest BCUT2D eigenvalue weighted by molar-refractivity contribution is 5.70. The summed E-state index contributed by atoms with van der Waals surface area (Å²) in [5, 5.41) is 24.6. The molecule has 0 amide bonds. The molecule has 2 aromatic carbocycles. The Bertz CT molecular complexity index is 1410. The van der Waals surface area contributed by atoms with E-state index in [9.17, 15) is 10.2 Å². The maximum Gasteiger partial charge on any atom is 0.228 e. The zero-order valence-electron chi connectivity index (χ0n) is 15.4. The third-order valence-electron chi connectivity index (χ3n) is 5.16. The van der Waals surface area contributed by atoms with Gasteiger partial charge in [-0.1, -0.05) is 18.2 Å². The van der Waals surface area contributed by atoms with Crippen LogP contribution in [-0.4, -0.2) is 29.8 Å². The van der Waals surface area contributed by atoms with Crippen LogP contribution in [0.5, 0.6) is 23.1 Å². The molecule has 1 aliphatic rings. The summed E-state index contributed by atoms with van der Waals surface area (Å²) in [6.45, 7) is 0. The number of hydrogen-bond acceptors (Lipinski definition) is 7. The molecule has 5 aromatic rings. The molecule has 146 valence electrons. The molecule has 0 bridgehead atoms. The van der Waals surface area contributed by atoms with Crippen molar-refractivity contribution in [2.45, 2.75) is 5.92 Å². The van der Waals surface area contributed by atoms with Gasteiger partial charge >= 0.3 is 0 Å². The summed E-state index contributed by atoms with van der Waals surface area (Å²) in [7, 11) is 0. The van der Waals surface area contributed by atoms with Crippen molar-refractivity contribution in [2.75, 3.05) is 0 Å². The standard InChI is InChI=1S/C22H14N4O4/c27-12-7-8-14-17(10-12)30-22-19(18(14)16-6-3-9-29-16)21-24-20(25-26(21)11-23-22)13-4-1-2-5-15(13)28/h1-11,18,27-28H. The third-order valence-corrected chi connectivity index (χ3v) is 5.16. The van der Waals surface area contributed by atoms with Crippen LogP contribution < -0.4 is 4.74 Å². The number of rotatable bonds is 2. The van der Waals surface area contributed by atoms with Gasteiger partial charge < -0.3 is 19.4 Å². The van der Waals surface area contributed by atoms with Crippen molar-refractivity contribution in [1.82, 2.24) is 19.6 Å². The maximum atomic E-state index is 10.2. The molecule has 8 heteroatoms. The van der Waals surface area contributed by atoms with E-state index in [-0.39, 0.29) is 17.4 Å². The lowest BCUT2D eigenvalue weighted by atomic mass is 9.87. The molecular weight excluding hydrogens is 384 g/mol. The number of ether oxygens (including phenoxy) is 1. The second-order valence-corrected chi connectivity index (χ2v) is 6.96. The lowest BCUT2D eigenvalue weighted by molar-refractivity contribution is 0.409. The van der Waals surface area contributed by atoms with E-state index < -0.39 is 0 Å². The molecule has 0 spiro atoms. The molecule has 0 radical (unpaired) electrons. The largest absolute Gasteiger partial charge is 0.508 e. The first-order valence-electron chi connectivity index (χ1n) is 9.27. The minimum Gasteiger partial charge on any atom is -0.508 e. The average molecular weight is 398 g/mol. The second-order valence-electron chi connectivity index (χ2n) is 6.96. The highest BCUT2D eigenvalue weighted by Crippen LogP contribution is 2.48. The molecule has 1 unspecified atom stereocenters. The van der Waals surface area contributed by atoms with Gasteiger partial charge in [0.2, 0.25) is 5.88 Å². The van der Waals surface area contributed by atoms with Crippen molar-refractivity contribution >= 4 is 5.65 Å². The van der Waals surface area contributed by atoms with Crippen LogP contribution in [0.2, 0.25) is 0 Å². The summed E-state index contributed by atoms with van der Waals surface area (Å²) in [6, 6.07) is 15.5. The lowest BCUT2D eigenvalue weighted by Gasteiger charge is -2.26.